The summed E-state index contributed by atoms with van der Waals surface area (Å²) in [5.41, 5.74) is 14.6. The molecule has 1 aliphatic carbocycles. The summed E-state index contributed by atoms with van der Waals surface area (Å²) in [4.78, 5) is 0. The Kier molecular flexibility index (Phi) is 4.44. The number of allylic oxidation sites excluding steroid dienone is 1. The molecule has 2 N–H and O–H groups in total. The van der Waals surface area contributed by atoms with Crippen LogP contribution in [0.2, 0.25) is 0 Å². The number of nitrogens with two attached hydrogens (primary N) is 1. The Bertz CT molecular complexity index is 639. The molecule has 1 saturated carbocycles. The van der Waals surface area contributed by atoms with Gasteiger partial charge in [-0.1, -0.05) is 54.1 Å². The number of hydrogen-bond acceptors (Lipinski definition) is 1. The highest BCUT2D eigenvalue weighted by Gasteiger charge is 2.20. The van der Waals surface area contributed by atoms with Crippen LogP contribution in [0.4, 0.5) is 0 Å². The van der Waals surface area contributed by atoms with Crippen molar-refractivity contribution in [1.82, 2.24) is 0 Å². The predicted octanol–water partition coefficient (Wildman–Crippen LogP) is 5.01. The van der Waals surface area contributed by atoms with Crippen LogP contribution in [0, 0.1) is 13.8 Å². The van der Waals surface area contributed by atoms with Crippen LogP contribution in [-0.2, 0) is 0 Å². The van der Waals surface area contributed by atoms with Gasteiger partial charge in [0.25, 0.3) is 0 Å². The molecular formula is C21H25N. The van der Waals surface area contributed by atoms with Crippen LogP contribution < -0.4 is 5.73 Å². The maximum absolute atomic E-state index is 6.11. The number of rotatable bonds is 2. The van der Waals surface area contributed by atoms with Crippen molar-refractivity contribution >= 4 is 5.57 Å². The topological polar surface area (TPSA) is 26.0 Å². The van der Waals surface area contributed by atoms with Crippen LogP contribution >= 0.6 is 0 Å². The summed E-state index contributed by atoms with van der Waals surface area (Å²) in [7, 11) is 0. The average molecular weight is 291 g/mol. The van der Waals surface area contributed by atoms with Gasteiger partial charge in [0.1, 0.15) is 0 Å². The maximum atomic E-state index is 6.11. The molecule has 1 nitrogen and oxygen atoms in total. The lowest BCUT2D eigenvalue weighted by atomic mass is 9.81. The van der Waals surface area contributed by atoms with E-state index in [0.717, 1.165) is 25.7 Å². The first kappa shape index (κ1) is 15.1. The Morgan fingerprint density at radius 2 is 1.27 bits per heavy atom. The summed E-state index contributed by atoms with van der Waals surface area (Å²) < 4.78 is 0. The lowest BCUT2D eigenvalue weighted by Gasteiger charge is -2.25. The molecule has 0 saturated heterocycles. The summed E-state index contributed by atoms with van der Waals surface area (Å²) in [6.45, 7) is 4.42. The number of aryl methyl sites for hydroxylation is 2. The van der Waals surface area contributed by atoms with E-state index in [-0.39, 0.29) is 0 Å². The highest BCUT2D eigenvalue weighted by molar-refractivity contribution is 5.85. The van der Waals surface area contributed by atoms with Gasteiger partial charge in [-0.05, 0) is 67.4 Å². The van der Waals surface area contributed by atoms with Gasteiger partial charge in [-0.25, -0.2) is 0 Å². The molecule has 1 aliphatic rings. The molecule has 2 aromatic rings. The normalized spacial score (nSPS) is 18.3. The molecule has 0 aliphatic heterocycles. The third-order valence-electron chi connectivity index (χ3n) is 4.82. The smallest absolute Gasteiger partial charge is 0.00449 e. The second-order valence-corrected chi connectivity index (χ2v) is 6.45. The molecule has 114 valence electrons. The summed E-state index contributed by atoms with van der Waals surface area (Å²) in [5, 5.41) is 0. The van der Waals surface area contributed by atoms with E-state index in [9.17, 15) is 0 Å². The summed E-state index contributed by atoms with van der Waals surface area (Å²) in [5.74, 6) is 0. The molecule has 0 heterocycles. The third-order valence-corrected chi connectivity index (χ3v) is 4.82. The molecule has 0 radical (unpaired) electrons. The number of hydrogen-bond donors (Lipinski definition) is 1. The van der Waals surface area contributed by atoms with Crippen molar-refractivity contribution in [3.8, 4) is 0 Å². The lowest BCUT2D eigenvalue weighted by molar-refractivity contribution is 0.513. The van der Waals surface area contributed by atoms with E-state index in [0.29, 0.717) is 6.04 Å². The van der Waals surface area contributed by atoms with Crippen LogP contribution in [0.3, 0.4) is 0 Å². The van der Waals surface area contributed by atoms with E-state index in [4.69, 9.17) is 5.73 Å². The highest BCUT2D eigenvalue weighted by Crippen LogP contribution is 2.37. The van der Waals surface area contributed by atoms with Crippen molar-refractivity contribution in [2.24, 2.45) is 5.73 Å². The molecular weight excluding hydrogens is 266 g/mol. The minimum atomic E-state index is 0.374. The fourth-order valence-electron chi connectivity index (χ4n) is 3.47. The maximum Gasteiger partial charge on any atom is 0.00449 e. The first-order valence-electron chi connectivity index (χ1n) is 8.26. The van der Waals surface area contributed by atoms with Gasteiger partial charge in [0.15, 0.2) is 0 Å². The zero-order valence-corrected chi connectivity index (χ0v) is 13.6. The zero-order chi connectivity index (χ0) is 15.5. The van der Waals surface area contributed by atoms with E-state index in [1.54, 1.807) is 5.57 Å². The minimum Gasteiger partial charge on any atom is -0.328 e. The molecule has 1 heteroatoms. The molecule has 0 aromatic heterocycles. The van der Waals surface area contributed by atoms with Gasteiger partial charge in [0, 0.05) is 6.04 Å². The zero-order valence-electron chi connectivity index (χ0n) is 13.6. The molecule has 0 amide bonds. The molecule has 1 fully saturated rings. The van der Waals surface area contributed by atoms with Crippen molar-refractivity contribution in [3.05, 3.63) is 76.4 Å². The van der Waals surface area contributed by atoms with Crippen LogP contribution in [0.1, 0.15) is 47.9 Å². The van der Waals surface area contributed by atoms with Gasteiger partial charge < -0.3 is 5.73 Å². The summed E-state index contributed by atoms with van der Waals surface area (Å²) >= 11 is 0. The Labute approximate surface area is 133 Å². The molecule has 22 heavy (non-hydrogen) atoms. The highest BCUT2D eigenvalue weighted by atomic mass is 14.6. The van der Waals surface area contributed by atoms with E-state index < -0.39 is 0 Å². The second kappa shape index (κ2) is 6.50. The molecule has 0 unspecified atom stereocenters. The Hall–Kier alpha value is -1.86. The fourth-order valence-corrected chi connectivity index (χ4v) is 3.47. The van der Waals surface area contributed by atoms with Crippen LogP contribution in [0.25, 0.3) is 5.57 Å². The van der Waals surface area contributed by atoms with Crippen molar-refractivity contribution in [2.45, 2.75) is 45.6 Å². The quantitative estimate of drug-likeness (QED) is 0.827. The van der Waals surface area contributed by atoms with E-state index in [1.807, 2.05) is 0 Å². The minimum absolute atomic E-state index is 0.374. The Morgan fingerprint density at radius 3 is 1.73 bits per heavy atom. The summed E-state index contributed by atoms with van der Waals surface area (Å²) in [6, 6.07) is 17.9. The number of benzene rings is 2. The standard InChI is InChI=1S/C21H25N/c1-15-7-3-5-9-19(15)21(17-11-13-18(22)14-12-17)20-10-6-4-8-16(20)2/h3-10,18H,11-14,22H2,1-2H3. The van der Waals surface area contributed by atoms with Crippen LogP contribution in [0.5, 0.6) is 0 Å². The van der Waals surface area contributed by atoms with Gasteiger partial charge in [-0.15, -0.1) is 0 Å². The van der Waals surface area contributed by atoms with Gasteiger partial charge >= 0.3 is 0 Å². The fraction of sp³-hybridized carbons (Fsp3) is 0.333. The molecule has 0 atom stereocenters. The Balaban J connectivity index is 2.18. The van der Waals surface area contributed by atoms with E-state index in [2.05, 4.69) is 62.4 Å². The van der Waals surface area contributed by atoms with Crippen molar-refractivity contribution in [2.75, 3.05) is 0 Å². The first-order chi connectivity index (χ1) is 10.7. The van der Waals surface area contributed by atoms with Gasteiger partial charge in [0.2, 0.25) is 0 Å². The average Bonchev–Trinajstić information content (AvgIpc) is 2.53. The molecule has 3 rings (SSSR count). The lowest BCUT2D eigenvalue weighted by Crippen LogP contribution is -2.23. The van der Waals surface area contributed by atoms with Crippen molar-refractivity contribution < 1.29 is 0 Å². The molecule has 2 aromatic carbocycles. The largest absolute Gasteiger partial charge is 0.328 e. The molecule has 0 bridgehead atoms. The Morgan fingerprint density at radius 1 is 0.818 bits per heavy atom. The van der Waals surface area contributed by atoms with Crippen molar-refractivity contribution in [1.29, 1.82) is 0 Å². The van der Waals surface area contributed by atoms with Crippen LogP contribution in [-0.4, -0.2) is 6.04 Å². The van der Waals surface area contributed by atoms with Crippen molar-refractivity contribution in [3.63, 3.8) is 0 Å². The monoisotopic (exact) mass is 291 g/mol. The van der Waals surface area contributed by atoms with Gasteiger partial charge in [0.05, 0.1) is 0 Å². The van der Waals surface area contributed by atoms with Crippen LogP contribution in [0.15, 0.2) is 54.1 Å². The van der Waals surface area contributed by atoms with E-state index in [1.165, 1.54) is 27.8 Å². The molecule has 0 spiro atoms. The summed E-state index contributed by atoms with van der Waals surface area (Å²) in [6.07, 6.45) is 4.46. The van der Waals surface area contributed by atoms with E-state index >= 15 is 0 Å². The predicted molar refractivity (Wildman–Crippen MR) is 94.8 cm³/mol. The second-order valence-electron chi connectivity index (χ2n) is 6.45. The SMILES string of the molecule is Cc1ccccc1C(=C1CCC(N)CC1)c1ccccc1C. The third kappa shape index (κ3) is 3.00. The first-order valence-corrected chi connectivity index (χ1v) is 8.26. The van der Waals surface area contributed by atoms with Gasteiger partial charge in [-0.3, -0.25) is 0 Å². The van der Waals surface area contributed by atoms with Gasteiger partial charge in [-0.2, -0.15) is 0 Å².